The molecule has 5 heteroatoms. The molecule has 0 bridgehead atoms. The average molecular weight is 277 g/mol. The van der Waals surface area contributed by atoms with Gasteiger partial charge in [-0.25, -0.2) is 4.79 Å². The third-order valence-corrected chi connectivity index (χ3v) is 3.64. The summed E-state index contributed by atoms with van der Waals surface area (Å²) < 4.78 is 5.31. The first-order chi connectivity index (χ1) is 9.74. The largest absolute Gasteiger partial charge is 0.495 e. The Bertz CT molecular complexity index is 454. The SMILES string of the molecule is COc1cc(CN)ccc1NC(=O)N1CCCCCC1. The molecule has 0 atom stereocenters. The van der Waals surface area contributed by atoms with E-state index in [-0.39, 0.29) is 6.03 Å². The van der Waals surface area contributed by atoms with E-state index in [2.05, 4.69) is 5.32 Å². The van der Waals surface area contributed by atoms with Crippen LogP contribution < -0.4 is 15.8 Å². The summed E-state index contributed by atoms with van der Waals surface area (Å²) in [4.78, 5) is 14.2. The molecule has 1 aliphatic rings. The maximum atomic E-state index is 12.3. The van der Waals surface area contributed by atoms with Crippen molar-refractivity contribution >= 4 is 11.7 Å². The molecule has 20 heavy (non-hydrogen) atoms. The van der Waals surface area contributed by atoms with E-state index in [9.17, 15) is 4.79 Å². The Kier molecular flexibility index (Phi) is 5.24. The minimum atomic E-state index is -0.0503. The molecule has 3 N–H and O–H groups in total. The van der Waals surface area contributed by atoms with Gasteiger partial charge >= 0.3 is 6.03 Å². The lowest BCUT2D eigenvalue weighted by Gasteiger charge is -2.21. The van der Waals surface area contributed by atoms with Gasteiger partial charge < -0.3 is 20.7 Å². The van der Waals surface area contributed by atoms with Gasteiger partial charge in [0.05, 0.1) is 12.8 Å². The van der Waals surface area contributed by atoms with Crippen LogP contribution in [0.5, 0.6) is 5.75 Å². The van der Waals surface area contributed by atoms with Crippen molar-refractivity contribution in [1.29, 1.82) is 0 Å². The van der Waals surface area contributed by atoms with Gasteiger partial charge in [0, 0.05) is 19.6 Å². The number of urea groups is 1. The van der Waals surface area contributed by atoms with Crippen LogP contribution in [-0.2, 0) is 6.54 Å². The summed E-state index contributed by atoms with van der Waals surface area (Å²) in [7, 11) is 1.59. The minimum Gasteiger partial charge on any atom is -0.495 e. The maximum Gasteiger partial charge on any atom is 0.321 e. The lowest BCUT2D eigenvalue weighted by molar-refractivity contribution is 0.213. The Hall–Kier alpha value is -1.75. The van der Waals surface area contributed by atoms with E-state index in [1.165, 1.54) is 12.8 Å². The predicted molar refractivity (Wildman–Crippen MR) is 79.9 cm³/mol. The van der Waals surface area contributed by atoms with Gasteiger partial charge in [-0.05, 0) is 30.5 Å². The fraction of sp³-hybridized carbons (Fsp3) is 0.533. The number of hydrogen-bond acceptors (Lipinski definition) is 3. The van der Waals surface area contributed by atoms with Crippen LogP contribution in [0.2, 0.25) is 0 Å². The first-order valence-corrected chi connectivity index (χ1v) is 7.17. The van der Waals surface area contributed by atoms with Gasteiger partial charge in [0.1, 0.15) is 5.75 Å². The van der Waals surface area contributed by atoms with Crippen molar-refractivity contribution in [2.45, 2.75) is 32.2 Å². The van der Waals surface area contributed by atoms with E-state index in [0.29, 0.717) is 18.0 Å². The fourth-order valence-corrected chi connectivity index (χ4v) is 2.43. The van der Waals surface area contributed by atoms with Crippen molar-refractivity contribution in [3.63, 3.8) is 0 Å². The maximum absolute atomic E-state index is 12.3. The summed E-state index contributed by atoms with van der Waals surface area (Å²) in [5.41, 5.74) is 7.28. The second kappa shape index (κ2) is 7.14. The van der Waals surface area contributed by atoms with Crippen LogP contribution in [0.25, 0.3) is 0 Å². The molecule has 0 aromatic heterocycles. The van der Waals surface area contributed by atoms with Crippen molar-refractivity contribution in [2.75, 3.05) is 25.5 Å². The Morgan fingerprint density at radius 1 is 1.30 bits per heavy atom. The number of nitrogens with two attached hydrogens (primary N) is 1. The van der Waals surface area contributed by atoms with Crippen molar-refractivity contribution in [3.8, 4) is 5.75 Å². The fourth-order valence-electron chi connectivity index (χ4n) is 2.43. The number of rotatable bonds is 3. The van der Waals surface area contributed by atoms with Crippen LogP contribution in [0.4, 0.5) is 10.5 Å². The molecule has 1 aromatic carbocycles. The van der Waals surface area contributed by atoms with Crippen molar-refractivity contribution in [3.05, 3.63) is 23.8 Å². The number of carbonyl (C=O) groups is 1. The summed E-state index contributed by atoms with van der Waals surface area (Å²) in [6.45, 7) is 2.11. The molecule has 110 valence electrons. The highest BCUT2D eigenvalue weighted by molar-refractivity contribution is 5.91. The van der Waals surface area contributed by atoms with Gasteiger partial charge in [0.25, 0.3) is 0 Å². The van der Waals surface area contributed by atoms with E-state index >= 15 is 0 Å². The molecule has 1 heterocycles. The van der Waals surface area contributed by atoms with Gasteiger partial charge in [0.15, 0.2) is 0 Å². The minimum absolute atomic E-state index is 0.0503. The zero-order valence-electron chi connectivity index (χ0n) is 12.0. The van der Waals surface area contributed by atoms with Crippen LogP contribution in [0.3, 0.4) is 0 Å². The van der Waals surface area contributed by atoms with Gasteiger partial charge in [0.2, 0.25) is 0 Å². The van der Waals surface area contributed by atoms with Crippen LogP contribution in [0.1, 0.15) is 31.2 Å². The van der Waals surface area contributed by atoms with E-state index in [1.807, 2.05) is 23.1 Å². The molecule has 1 aromatic rings. The highest BCUT2D eigenvalue weighted by Gasteiger charge is 2.16. The van der Waals surface area contributed by atoms with Gasteiger partial charge in [-0.15, -0.1) is 0 Å². The molecule has 0 spiro atoms. The number of carbonyl (C=O) groups excluding carboxylic acids is 1. The standard InChI is InChI=1S/C15H23N3O2/c1-20-14-10-12(11-16)6-7-13(14)17-15(19)18-8-4-2-3-5-9-18/h6-7,10H,2-5,8-9,11,16H2,1H3,(H,17,19). The van der Waals surface area contributed by atoms with Crippen LogP contribution in [-0.4, -0.2) is 31.1 Å². The third kappa shape index (κ3) is 3.63. The first-order valence-electron chi connectivity index (χ1n) is 7.17. The van der Waals surface area contributed by atoms with Crippen LogP contribution in [0.15, 0.2) is 18.2 Å². The second-order valence-electron chi connectivity index (χ2n) is 5.07. The van der Waals surface area contributed by atoms with Gasteiger partial charge in [-0.1, -0.05) is 18.9 Å². The number of hydrogen-bond donors (Lipinski definition) is 2. The number of ether oxygens (including phenoxy) is 1. The Morgan fingerprint density at radius 2 is 2.00 bits per heavy atom. The molecule has 2 amide bonds. The van der Waals surface area contributed by atoms with Crippen molar-refractivity contribution < 1.29 is 9.53 Å². The monoisotopic (exact) mass is 277 g/mol. The molecule has 0 unspecified atom stereocenters. The van der Waals surface area contributed by atoms with E-state index in [0.717, 1.165) is 31.5 Å². The molecule has 1 aliphatic heterocycles. The summed E-state index contributed by atoms with van der Waals surface area (Å²) in [6.07, 6.45) is 4.57. The molecule has 1 fully saturated rings. The zero-order chi connectivity index (χ0) is 14.4. The highest BCUT2D eigenvalue weighted by atomic mass is 16.5. The predicted octanol–water partition coefficient (Wildman–Crippen LogP) is 2.56. The normalized spacial score (nSPS) is 15.6. The van der Waals surface area contributed by atoms with E-state index in [4.69, 9.17) is 10.5 Å². The van der Waals surface area contributed by atoms with Crippen LogP contribution in [0, 0.1) is 0 Å². The van der Waals surface area contributed by atoms with E-state index < -0.39 is 0 Å². The van der Waals surface area contributed by atoms with Crippen LogP contribution >= 0.6 is 0 Å². The average Bonchev–Trinajstić information content (AvgIpc) is 2.76. The molecule has 5 nitrogen and oxygen atoms in total. The topological polar surface area (TPSA) is 67.6 Å². The Labute approximate surface area is 120 Å². The number of amides is 2. The Balaban J connectivity index is 2.06. The number of anilines is 1. The zero-order valence-corrected chi connectivity index (χ0v) is 12.0. The summed E-state index contributed by atoms with van der Waals surface area (Å²) in [5.74, 6) is 0.649. The number of nitrogens with zero attached hydrogens (tertiary/aromatic N) is 1. The molecular weight excluding hydrogens is 254 g/mol. The Morgan fingerprint density at radius 3 is 2.60 bits per heavy atom. The second-order valence-corrected chi connectivity index (χ2v) is 5.07. The molecule has 0 saturated carbocycles. The highest BCUT2D eigenvalue weighted by Crippen LogP contribution is 2.26. The number of likely N-dealkylation sites (tertiary alicyclic amines) is 1. The number of methoxy groups -OCH3 is 1. The summed E-state index contributed by atoms with van der Waals surface area (Å²) >= 11 is 0. The van der Waals surface area contributed by atoms with Gasteiger partial charge in [-0.3, -0.25) is 0 Å². The van der Waals surface area contributed by atoms with E-state index in [1.54, 1.807) is 7.11 Å². The lowest BCUT2D eigenvalue weighted by atomic mass is 10.2. The molecule has 1 saturated heterocycles. The first kappa shape index (κ1) is 14.7. The van der Waals surface area contributed by atoms with Crippen molar-refractivity contribution in [2.24, 2.45) is 5.73 Å². The lowest BCUT2D eigenvalue weighted by Crippen LogP contribution is -2.35. The molecule has 2 rings (SSSR count). The summed E-state index contributed by atoms with van der Waals surface area (Å²) in [6, 6.07) is 5.56. The molecular formula is C15H23N3O2. The number of benzene rings is 1. The smallest absolute Gasteiger partial charge is 0.321 e. The quantitative estimate of drug-likeness (QED) is 0.892. The van der Waals surface area contributed by atoms with Crippen molar-refractivity contribution in [1.82, 2.24) is 4.90 Å². The number of nitrogens with one attached hydrogen (secondary N) is 1. The molecule has 0 radical (unpaired) electrons. The third-order valence-electron chi connectivity index (χ3n) is 3.64. The summed E-state index contributed by atoms with van der Waals surface area (Å²) in [5, 5.41) is 2.93. The molecule has 0 aliphatic carbocycles. The van der Waals surface area contributed by atoms with Gasteiger partial charge in [-0.2, -0.15) is 0 Å².